The van der Waals surface area contributed by atoms with Crippen molar-refractivity contribution in [1.29, 1.82) is 0 Å². The standard InChI is InChI=1S/C12H16N2O3/c1-4-17-12(16)9(3)11(15)14-10-7-5-6-8(2)13-10/h5-7,9H,4H2,1-3H3,(H,13,14,15). The third kappa shape index (κ3) is 3.86. The number of ether oxygens (including phenoxy) is 1. The van der Waals surface area contributed by atoms with Crippen LogP contribution in [0.1, 0.15) is 19.5 Å². The van der Waals surface area contributed by atoms with Gasteiger partial charge in [0.15, 0.2) is 0 Å². The van der Waals surface area contributed by atoms with E-state index in [0.717, 1.165) is 5.69 Å². The van der Waals surface area contributed by atoms with Gasteiger partial charge in [-0.3, -0.25) is 9.59 Å². The molecule has 0 aliphatic rings. The number of nitrogens with one attached hydrogen (secondary N) is 1. The van der Waals surface area contributed by atoms with Crippen molar-refractivity contribution in [1.82, 2.24) is 4.98 Å². The first-order valence-electron chi connectivity index (χ1n) is 5.45. The summed E-state index contributed by atoms with van der Waals surface area (Å²) in [5, 5.41) is 2.57. The maximum atomic E-state index is 11.7. The average molecular weight is 236 g/mol. The molecular formula is C12H16N2O3. The van der Waals surface area contributed by atoms with Gasteiger partial charge in [-0.2, -0.15) is 0 Å². The van der Waals surface area contributed by atoms with Gasteiger partial charge in [0.05, 0.1) is 6.61 Å². The Labute approximate surface area is 100 Å². The topological polar surface area (TPSA) is 68.3 Å². The Balaban J connectivity index is 2.63. The molecule has 5 heteroatoms. The van der Waals surface area contributed by atoms with Crippen LogP contribution >= 0.6 is 0 Å². The molecular weight excluding hydrogens is 220 g/mol. The zero-order valence-corrected chi connectivity index (χ0v) is 10.2. The second-order valence-electron chi connectivity index (χ2n) is 3.63. The highest BCUT2D eigenvalue weighted by Gasteiger charge is 2.22. The summed E-state index contributed by atoms with van der Waals surface area (Å²) < 4.78 is 4.77. The summed E-state index contributed by atoms with van der Waals surface area (Å²) >= 11 is 0. The Hall–Kier alpha value is -1.91. The number of carbonyl (C=O) groups is 2. The average Bonchev–Trinajstić information content (AvgIpc) is 2.28. The third-order valence-electron chi connectivity index (χ3n) is 2.17. The Morgan fingerprint density at radius 2 is 2.18 bits per heavy atom. The van der Waals surface area contributed by atoms with Crippen LogP contribution in [0.3, 0.4) is 0 Å². The van der Waals surface area contributed by atoms with Gasteiger partial charge in [-0.25, -0.2) is 4.98 Å². The molecule has 1 N–H and O–H groups in total. The molecule has 1 rings (SSSR count). The maximum absolute atomic E-state index is 11.7. The van der Waals surface area contributed by atoms with Gasteiger partial charge >= 0.3 is 5.97 Å². The number of carbonyl (C=O) groups excluding carboxylic acids is 2. The van der Waals surface area contributed by atoms with E-state index in [2.05, 4.69) is 10.3 Å². The smallest absolute Gasteiger partial charge is 0.318 e. The van der Waals surface area contributed by atoms with E-state index in [4.69, 9.17) is 4.74 Å². The molecule has 1 aromatic heterocycles. The van der Waals surface area contributed by atoms with Crippen molar-refractivity contribution in [2.45, 2.75) is 20.8 Å². The van der Waals surface area contributed by atoms with Crippen molar-refractivity contribution in [2.75, 3.05) is 11.9 Å². The summed E-state index contributed by atoms with van der Waals surface area (Å²) in [5.41, 5.74) is 0.798. The summed E-state index contributed by atoms with van der Waals surface area (Å²) in [6, 6.07) is 5.28. The van der Waals surface area contributed by atoms with E-state index in [0.29, 0.717) is 5.82 Å². The Kier molecular flexibility index (Phi) is 4.63. The Bertz CT molecular complexity index is 418. The fraction of sp³-hybridized carbons (Fsp3) is 0.417. The van der Waals surface area contributed by atoms with Crippen LogP contribution in [-0.4, -0.2) is 23.5 Å². The third-order valence-corrected chi connectivity index (χ3v) is 2.17. The summed E-state index contributed by atoms with van der Waals surface area (Å²) in [7, 11) is 0. The lowest BCUT2D eigenvalue weighted by Crippen LogP contribution is -2.29. The predicted octanol–water partition coefficient (Wildman–Crippen LogP) is 1.53. The molecule has 1 amide bonds. The summed E-state index contributed by atoms with van der Waals surface area (Å²) in [6.07, 6.45) is 0. The number of aryl methyl sites for hydroxylation is 1. The van der Waals surface area contributed by atoms with E-state index in [1.54, 1.807) is 19.1 Å². The van der Waals surface area contributed by atoms with E-state index in [1.807, 2.05) is 13.0 Å². The van der Waals surface area contributed by atoms with Gasteiger partial charge in [0.25, 0.3) is 0 Å². The van der Waals surface area contributed by atoms with Crippen LogP contribution in [0.15, 0.2) is 18.2 Å². The van der Waals surface area contributed by atoms with E-state index >= 15 is 0 Å². The molecule has 1 atom stereocenters. The number of hydrogen-bond acceptors (Lipinski definition) is 4. The molecule has 0 spiro atoms. The number of anilines is 1. The number of hydrogen-bond donors (Lipinski definition) is 1. The molecule has 0 aliphatic heterocycles. The van der Waals surface area contributed by atoms with Gasteiger partial charge in [0.2, 0.25) is 5.91 Å². The number of esters is 1. The molecule has 5 nitrogen and oxygen atoms in total. The van der Waals surface area contributed by atoms with Gasteiger partial charge in [-0.1, -0.05) is 6.07 Å². The molecule has 17 heavy (non-hydrogen) atoms. The SMILES string of the molecule is CCOC(=O)C(C)C(=O)Nc1cccc(C)n1. The van der Waals surface area contributed by atoms with Crippen molar-refractivity contribution >= 4 is 17.7 Å². The fourth-order valence-corrected chi connectivity index (χ4v) is 1.22. The Morgan fingerprint density at radius 1 is 1.47 bits per heavy atom. The van der Waals surface area contributed by atoms with Crippen LogP contribution in [0.2, 0.25) is 0 Å². The molecule has 0 aromatic carbocycles. The van der Waals surface area contributed by atoms with Crippen LogP contribution in [0.25, 0.3) is 0 Å². The zero-order chi connectivity index (χ0) is 12.8. The molecule has 1 heterocycles. The molecule has 92 valence electrons. The highest BCUT2D eigenvalue weighted by atomic mass is 16.5. The molecule has 0 radical (unpaired) electrons. The number of pyridine rings is 1. The minimum atomic E-state index is -0.836. The van der Waals surface area contributed by atoms with Gasteiger partial charge in [-0.15, -0.1) is 0 Å². The number of amides is 1. The minimum Gasteiger partial charge on any atom is -0.465 e. The first-order valence-corrected chi connectivity index (χ1v) is 5.45. The lowest BCUT2D eigenvalue weighted by atomic mass is 10.1. The monoisotopic (exact) mass is 236 g/mol. The second-order valence-corrected chi connectivity index (χ2v) is 3.63. The lowest BCUT2D eigenvalue weighted by molar-refractivity contribution is -0.150. The maximum Gasteiger partial charge on any atom is 0.318 e. The highest BCUT2D eigenvalue weighted by Crippen LogP contribution is 2.07. The van der Waals surface area contributed by atoms with Crippen molar-refractivity contribution in [3.8, 4) is 0 Å². The lowest BCUT2D eigenvalue weighted by Gasteiger charge is -2.10. The van der Waals surface area contributed by atoms with Crippen LogP contribution in [0.4, 0.5) is 5.82 Å². The van der Waals surface area contributed by atoms with Gasteiger partial charge in [-0.05, 0) is 32.9 Å². The fourth-order valence-electron chi connectivity index (χ4n) is 1.22. The van der Waals surface area contributed by atoms with Crippen molar-refractivity contribution in [3.63, 3.8) is 0 Å². The summed E-state index contributed by atoms with van der Waals surface area (Å²) in [6.45, 7) is 5.29. The summed E-state index contributed by atoms with van der Waals surface area (Å²) in [4.78, 5) is 27.1. The molecule has 0 saturated carbocycles. The second kappa shape index (κ2) is 5.98. The van der Waals surface area contributed by atoms with Crippen molar-refractivity contribution < 1.29 is 14.3 Å². The van der Waals surface area contributed by atoms with Gasteiger partial charge in [0.1, 0.15) is 11.7 Å². The number of aromatic nitrogens is 1. The van der Waals surface area contributed by atoms with E-state index in [1.165, 1.54) is 6.92 Å². The van der Waals surface area contributed by atoms with E-state index in [9.17, 15) is 9.59 Å². The first kappa shape index (κ1) is 13.2. The molecule has 0 saturated heterocycles. The molecule has 0 aliphatic carbocycles. The molecule has 0 bridgehead atoms. The minimum absolute atomic E-state index is 0.263. The molecule has 1 aromatic rings. The largest absolute Gasteiger partial charge is 0.465 e. The van der Waals surface area contributed by atoms with E-state index in [-0.39, 0.29) is 6.61 Å². The highest BCUT2D eigenvalue weighted by molar-refractivity contribution is 6.03. The van der Waals surface area contributed by atoms with Crippen LogP contribution in [0, 0.1) is 12.8 Å². The van der Waals surface area contributed by atoms with Crippen molar-refractivity contribution in [3.05, 3.63) is 23.9 Å². The van der Waals surface area contributed by atoms with Crippen LogP contribution < -0.4 is 5.32 Å². The predicted molar refractivity (Wildman–Crippen MR) is 63.4 cm³/mol. The van der Waals surface area contributed by atoms with Crippen molar-refractivity contribution in [2.24, 2.45) is 5.92 Å². The summed E-state index contributed by atoms with van der Waals surface area (Å²) in [5.74, 6) is -1.34. The zero-order valence-electron chi connectivity index (χ0n) is 10.2. The van der Waals surface area contributed by atoms with E-state index < -0.39 is 17.8 Å². The van der Waals surface area contributed by atoms with Crippen LogP contribution in [-0.2, 0) is 14.3 Å². The van der Waals surface area contributed by atoms with Crippen LogP contribution in [0.5, 0.6) is 0 Å². The number of rotatable bonds is 4. The normalized spacial score (nSPS) is 11.7. The van der Waals surface area contributed by atoms with Gasteiger partial charge in [0, 0.05) is 5.69 Å². The molecule has 1 unspecified atom stereocenters. The molecule has 0 fully saturated rings. The number of nitrogens with zero attached hydrogens (tertiary/aromatic N) is 1. The first-order chi connectivity index (χ1) is 8.04. The van der Waals surface area contributed by atoms with Gasteiger partial charge < -0.3 is 10.1 Å². The quantitative estimate of drug-likeness (QED) is 0.635. The Morgan fingerprint density at radius 3 is 2.76 bits per heavy atom.